The van der Waals surface area contributed by atoms with Crippen LogP contribution in [0, 0.1) is 0 Å². The number of halogens is 3. The fourth-order valence-electron chi connectivity index (χ4n) is 1.93. The van der Waals surface area contributed by atoms with Crippen LogP contribution in [0.5, 0.6) is 0 Å². The number of aryl methyl sites for hydroxylation is 1. The van der Waals surface area contributed by atoms with E-state index >= 15 is 0 Å². The third kappa shape index (κ3) is 6.64. The SMILES string of the molecule is O=C(CCc1ccc(Cl)c(Cl)c1)NCCSc1ccc(Cl)cc1. The average molecular weight is 389 g/mol. The molecule has 1 amide bonds. The number of benzene rings is 2. The minimum Gasteiger partial charge on any atom is -0.355 e. The Morgan fingerprint density at radius 3 is 2.43 bits per heavy atom. The third-order valence-corrected chi connectivity index (χ3v) is 5.14. The number of hydrogen-bond donors (Lipinski definition) is 1. The number of carbonyl (C=O) groups excluding carboxylic acids is 1. The molecule has 0 fully saturated rings. The van der Waals surface area contributed by atoms with Crippen molar-refractivity contribution in [1.29, 1.82) is 0 Å². The smallest absolute Gasteiger partial charge is 0.220 e. The van der Waals surface area contributed by atoms with Crippen molar-refractivity contribution in [2.24, 2.45) is 0 Å². The molecule has 122 valence electrons. The van der Waals surface area contributed by atoms with Gasteiger partial charge in [0.2, 0.25) is 5.91 Å². The lowest BCUT2D eigenvalue weighted by Gasteiger charge is -2.06. The van der Waals surface area contributed by atoms with Crippen LogP contribution in [-0.2, 0) is 11.2 Å². The Hall–Kier alpha value is -0.870. The van der Waals surface area contributed by atoms with Gasteiger partial charge in [0.1, 0.15) is 0 Å². The minimum atomic E-state index is 0.0350. The van der Waals surface area contributed by atoms with E-state index in [1.54, 1.807) is 23.9 Å². The van der Waals surface area contributed by atoms with Crippen LogP contribution in [0.3, 0.4) is 0 Å². The van der Waals surface area contributed by atoms with Gasteiger partial charge in [0, 0.05) is 28.6 Å². The zero-order chi connectivity index (χ0) is 16.7. The Balaban J connectivity index is 1.65. The van der Waals surface area contributed by atoms with E-state index in [1.165, 1.54) is 0 Å². The second kappa shape index (κ2) is 9.43. The summed E-state index contributed by atoms with van der Waals surface area (Å²) in [4.78, 5) is 13.0. The van der Waals surface area contributed by atoms with Gasteiger partial charge in [-0.25, -0.2) is 0 Å². The van der Waals surface area contributed by atoms with Crippen LogP contribution >= 0.6 is 46.6 Å². The van der Waals surface area contributed by atoms with Crippen LogP contribution in [0.25, 0.3) is 0 Å². The van der Waals surface area contributed by atoms with Gasteiger partial charge in [0.05, 0.1) is 10.0 Å². The predicted molar refractivity (Wildman–Crippen MR) is 100.0 cm³/mol. The summed E-state index contributed by atoms with van der Waals surface area (Å²) < 4.78 is 0. The highest BCUT2D eigenvalue weighted by atomic mass is 35.5. The molecule has 1 N–H and O–H groups in total. The molecule has 0 unspecified atom stereocenters. The fourth-order valence-corrected chi connectivity index (χ4v) is 3.15. The molecule has 0 spiro atoms. The van der Waals surface area contributed by atoms with E-state index < -0.39 is 0 Å². The Morgan fingerprint density at radius 1 is 1.00 bits per heavy atom. The van der Waals surface area contributed by atoms with Crippen LogP contribution < -0.4 is 5.32 Å². The molecule has 2 aromatic carbocycles. The fraction of sp³-hybridized carbons (Fsp3) is 0.235. The Kier molecular flexibility index (Phi) is 7.57. The van der Waals surface area contributed by atoms with Crippen molar-refractivity contribution in [3.05, 3.63) is 63.1 Å². The molecule has 0 atom stereocenters. The molecule has 0 aliphatic rings. The lowest BCUT2D eigenvalue weighted by Crippen LogP contribution is -2.25. The first kappa shape index (κ1) is 18.5. The molecule has 0 radical (unpaired) electrons. The zero-order valence-electron chi connectivity index (χ0n) is 12.3. The van der Waals surface area contributed by atoms with E-state index in [4.69, 9.17) is 34.8 Å². The summed E-state index contributed by atoms with van der Waals surface area (Å²) in [6.45, 7) is 0.632. The number of hydrogen-bond acceptors (Lipinski definition) is 2. The topological polar surface area (TPSA) is 29.1 Å². The molecule has 0 aliphatic heterocycles. The average Bonchev–Trinajstić information content (AvgIpc) is 2.54. The van der Waals surface area contributed by atoms with Crippen LogP contribution in [0.15, 0.2) is 47.4 Å². The van der Waals surface area contributed by atoms with Crippen LogP contribution in [0.1, 0.15) is 12.0 Å². The summed E-state index contributed by atoms with van der Waals surface area (Å²) in [5, 5.41) is 4.69. The molecule has 0 saturated carbocycles. The van der Waals surface area contributed by atoms with Gasteiger partial charge in [-0.05, 0) is 48.4 Å². The minimum absolute atomic E-state index is 0.0350. The lowest BCUT2D eigenvalue weighted by atomic mass is 10.1. The first-order valence-electron chi connectivity index (χ1n) is 7.13. The maximum Gasteiger partial charge on any atom is 0.220 e. The molecular formula is C17H16Cl3NOS. The van der Waals surface area contributed by atoms with E-state index in [9.17, 15) is 4.79 Å². The molecule has 2 nitrogen and oxygen atoms in total. The summed E-state index contributed by atoms with van der Waals surface area (Å²) in [6, 6.07) is 13.1. The Bertz CT molecular complexity index is 661. The number of carbonyl (C=O) groups is 1. The molecule has 2 aromatic rings. The maximum atomic E-state index is 11.8. The van der Waals surface area contributed by atoms with E-state index in [0.717, 1.165) is 21.2 Å². The van der Waals surface area contributed by atoms with Crippen molar-refractivity contribution in [2.45, 2.75) is 17.7 Å². The quantitative estimate of drug-likeness (QED) is 0.502. The van der Waals surface area contributed by atoms with E-state index in [0.29, 0.717) is 29.4 Å². The molecule has 0 bridgehead atoms. The van der Waals surface area contributed by atoms with Gasteiger partial charge in [-0.1, -0.05) is 40.9 Å². The van der Waals surface area contributed by atoms with Gasteiger partial charge < -0.3 is 5.32 Å². The molecular weight excluding hydrogens is 373 g/mol. The molecule has 23 heavy (non-hydrogen) atoms. The number of amides is 1. The Morgan fingerprint density at radius 2 is 1.74 bits per heavy atom. The monoisotopic (exact) mass is 387 g/mol. The van der Waals surface area contributed by atoms with Crippen molar-refractivity contribution in [2.75, 3.05) is 12.3 Å². The van der Waals surface area contributed by atoms with Crippen molar-refractivity contribution >= 4 is 52.5 Å². The summed E-state index contributed by atoms with van der Waals surface area (Å²) in [6.07, 6.45) is 1.08. The maximum absolute atomic E-state index is 11.8. The summed E-state index contributed by atoms with van der Waals surface area (Å²) in [7, 11) is 0. The molecule has 0 heterocycles. The van der Waals surface area contributed by atoms with Crippen LogP contribution in [-0.4, -0.2) is 18.2 Å². The standard InChI is InChI=1S/C17H16Cl3NOS/c18-13-3-5-14(6-4-13)23-10-9-21-17(22)8-2-12-1-7-15(19)16(20)11-12/h1,3-7,11H,2,8-10H2,(H,21,22). The van der Waals surface area contributed by atoms with Crippen LogP contribution in [0.4, 0.5) is 0 Å². The molecule has 0 aromatic heterocycles. The number of thioether (sulfide) groups is 1. The van der Waals surface area contributed by atoms with Crippen molar-refractivity contribution in [1.82, 2.24) is 5.32 Å². The van der Waals surface area contributed by atoms with Crippen LogP contribution in [0.2, 0.25) is 15.1 Å². The second-order valence-electron chi connectivity index (χ2n) is 4.90. The van der Waals surface area contributed by atoms with Crippen molar-refractivity contribution in [3.8, 4) is 0 Å². The normalized spacial score (nSPS) is 10.6. The van der Waals surface area contributed by atoms with Gasteiger partial charge in [0.15, 0.2) is 0 Å². The highest BCUT2D eigenvalue weighted by Crippen LogP contribution is 2.23. The van der Waals surface area contributed by atoms with Crippen molar-refractivity contribution < 1.29 is 4.79 Å². The molecule has 6 heteroatoms. The third-order valence-electron chi connectivity index (χ3n) is 3.13. The molecule has 0 saturated heterocycles. The summed E-state index contributed by atoms with van der Waals surface area (Å²) in [5.74, 6) is 0.855. The van der Waals surface area contributed by atoms with Gasteiger partial charge in [-0.2, -0.15) is 0 Å². The summed E-state index contributed by atoms with van der Waals surface area (Å²) in [5.41, 5.74) is 1.00. The summed E-state index contributed by atoms with van der Waals surface area (Å²) >= 11 is 19.3. The van der Waals surface area contributed by atoms with Gasteiger partial charge in [-0.15, -0.1) is 11.8 Å². The van der Waals surface area contributed by atoms with E-state index in [1.807, 2.05) is 30.3 Å². The lowest BCUT2D eigenvalue weighted by molar-refractivity contribution is -0.120. The highest BCUT2D eigenvalue weighted by molar-refractivity contribution is 7.99. The van der Waals surface area contributed by atoms with Gasteiger partial charge >= 0.3 is 0 Å². The first-order valence-corrected chi connectivity index (χ1v) is 9.25. The van der Waals surface area contributed by atoms with Crippen molar-refractivity contribution in [3.63, 3.8) is 0 Å². The van der Waals surface area contributed by atoms with Gasteiger partial charge in [-0.3, -0.25) is 4.79 Å². The van der Waals surface area contributed by atoms with E-state index in [2.05, 4.69) is 5.32 Å². The number of rotatable bonds is 7. The predicted octanol–water partition coefficient (Wildman–Crippen LogP) is 5.49. The largest absolute Gasteiger partial charge is 0.355 e. The Labute approximate surface area is 155 Å². The molecule has 0 aliphatic carbocycles. The molecule has 2 rings (SSSR count). The zero-order valence-corrected chi connectivity index (χ0v) is 15.4. The van der Waals surface area contributed by atoms with E-state index in [-0.39, 0.29) is 5.91 Å². The highest BCUT2D eigenvalue weighted by Gasteiger charge is 2.04. The number of nitrogens with one attached hydrogen (secondary N) is 1. The first-order chi connectivity index (χ1) is 11.0. The second-order valence-corrected chi connectivity index (χ2v) is 7.32. The van der Waals surface area contributed by atoms with Gasteiger partial charge in [0.25, 0.3) is 0 Å².